The molecule has 0 bridgehead atoms. The van der Waals surface area contributed by atoms with Crippen LogP contribution in [0.15, 0.2) is 27.2 Å². The fraction of sp³-hybridized carbons (Fsp3) is 0.333. The molecule has 0 saturated carbocycles. The van der Waals surface area contributed by atoms with Crippen molar-refractivity contribution in [1.29, 1.82) is 0 Å². The van der Waals surface area contributed by atoms with E-state index in [9.17, 15) is 0 Å². The third-order valence-corrected chi connectivity index (χ3v) is 3.57. The first-order valence-electron chi connectivity index (χ1n) is 5.09. The molecule has 0 aliphatic carbocycles. The van der Waals surface area contributed by atoms with Gasteiger partial charge in [0, 0.05) is 12.7 Å². The van der Waals surface area contributed by atoms with Crippen LogP contribution in [0, 0.1) is 0 Å². The van der Waals surface area contributed by atoms with Gasteiger partial charge in [-0.2, -0.15) is 5.10 Å². The number of rotatable bonds is 5. The van der Waals surface area contributed by atoms with E-state index in [1.165, 1.54) is 18.1 Å². The molecule has 8 heteroatoms. The van der Waals surface area contributed by atoms with Crippen molar-refractivity contribution in [2.24, 2.45) is 0 Å². The lowest BCUT2D eigenvalue weighted by molar-refractivity contribution is 0.924. The summed E-state index contributed by atoms with van der Waals surface area (Å²) in [5.41, 5.74) is 0. The number of hydrogen-bond donors (Lipinski definition) is 2. The molecule has 0 spiro atoms. The van der Waals surface area contributed by atoms with Crippen LogP contribution in [0.5, 0.6) is 0 Å². The Labute approximate surface area is 111 Å². The zero-order valence-electron chi connectivity index (χ0n) is 9.14. The summed E-state index contributed by atoms with van der Waals surface area (Å²) >= 11 is 4.81. The summed E-state index contributed by atoms with van der Waals surface area (Å²) < 4.78 is 0.834. The van der Waals surface area contributed by atoms with Crippen molar-refractivity contribution in [3.05, 3.63) is 17.0 Å². The van der Waals surface area contributed by atoms with E-state index in [2.05, 4.69) is 53.3 Å². The monoisotopic (exact) mass is 314 g/mol. The Kier molecular flexibility index (Phi) is 4.32. The van der Waals surface area contributed by atoms with Crippen molar-refractivity contribution in [2.45, 2.75) is 23.5 Å². The van der Waals surface area contributed by atoms with Gasteiger partial charge >= 0.3 is 0 Å². The maximum Gasteiger partial charge on any atom is 0.223 e. The zero-order valence-corrected chi connectivity index (χ0v) is 11.5. The van der Waals surface area contributed by atoms with Gasteiger partial charge in [-0.1, -0.05) is 6.92 Å². The molecule has 0 amide bonds. The first-order valence-corrected chi connectivity index (χ1v) is 6.70. The Bertz CT molecular complexity index is 474. The van der Waals surface area contributed by atoms with Gasteiger partial charge in [-0.3, -0.25) is 5.10 Å². The summed E-state index contributed by atoms with van der Waals surface area (Å²) in [5, 5.41) is 11.2. The fourth-order valence-corrected chi connectivity index (χ4v) is 2.18. The van der Waals surface area contributed by atoms with Crippen LogP contribution in [0.3, 0.4) is 0 Å². The Morgan fingerprint density at radius 1 is 1.47 bits per heavy atom. The van der Waals surface area contributed by atoms with Crippen molar-refractivity contribution in [3.63, 3.8) is 0 Å². The van der Waals surface area contributed by atoms with Crippen LogP contribution in [-0.2, 0) is 0 Å². The Morgan fingerprint density at radius 3 is 3.06 bits per heavy atom. The Hall–Kier alpha value is -1.15. The molecular formula is C9H11BrN6S. The molecule has 17 heavy (non-hydrogen) atoms. The maximum atomic E-state index is 4.39. The molecule has 90 valence electrons. The number of aromatic amines is 1. The lowest BCUT2D eigenvalue weighted by Crippen LogP contribution is -2.04. The number of nitrogens with zero attached hydrogens (tertiary/aromatic N) is 4. The molecule has 0 aliphatic heterocycles. The van der Waals surface area contributed by atoms with E-state index >= 15 is 0 Å². The van der Waals surface area contributed by atoms with Crippen LogP contribution in [0.4, 0.5) is 5.95 Å². The second kappa shape index (κ2) is 5.97. The van der Waals surface area contributed by atoms with Gasteiger partial charge in [0.2, 0.25) is 5.95 Å². The standard InChI is InChI=1S/C9H11BrN6S/c1-2-3-11-8-12-4-6(10)7(15-8)17-9-13-5-14-16-9/h4-5H,2-3H2,1H3,(H,11,12,15)(H,13,14,16). The van der Waals surface area contributed by atoms with Crippen LogP contribution >= 0.6 is 27.7 Å². The van der Waals surface area contributed by atoms with E-state index < -0.39 is 0 Å². The van der Waals surface area contributed by atoms with Gasteiger partial charge in [-0.25, -0.2) is 15.0 Å². The molecule has 0 saturated heterocycles. The van der Waals surface area contributed by atoms with E-state index in [1.54, 1.807) is 6.20 Å². The molecule has 0 atom stereocenters. The quantitative estimate of drug-likeness (QED) is 0.825. The minimum Gasteiger partial charge on any atom is -0.354 e. The molecule has 2 aromatic rings. The third-order valence-electron chi connectivity index (χ3n) is 1.83. The maximum absolute atomic E-state index is 4.39. The molecule has 2 heterocycles. The van der Waals surface area contributed by atoms with Crippen molar-refractivity contribution in [3.8, 4) is 0 Å². The molecular weight excluding hydrogens is 304 g/mol. The topological polar surface area (TPSA) is 79.4 Å². The minimum atomic E-state index is 0.622. The summed E-state index contributed by atoms with van der Waals surface area (Å²) in [6.07, 6.45) is 4.22. The number of halogens is 1. The van der Waals surface area contributed by atoms with Crippen LogP contribution in [0.2, 0.25) is 0 Å². The molecule has 2 aromatic heterocycles. The number of nitrogens with one attached hydrogen (secondary N) is 2. The van der Waals surface area contributed by atoms with Crippen LogP contribution in [0.25, 0.3) is 0 Å². The van der Waals surface area contributed by atoms with E-state index in [1.807, 2.05) is 0 Å². The van der Waals surface area contributed by atoms with Crippen molar-refractivity contribution in [1.82, 2.24) is 25.1 Å². The van der Waals surface area contributed by atoms with Crippen LogP contribution < -0.4 is 5.32 Å². The average Bonchev–Trinajstić information content (AvgIpc) is 2.83. The van der Waals surface area contributed by atoms with Crippen molar-refractivity contribution < 1.29 is 0 Å². The molecule has 2 N–H and O–H groups in total. The lowest BCUT2D eigenvalue weighted by Gasteiger charge is -2.05. The smallest absolute Gasteiger partial charge is 0.223 e. The highest BCUT2D eigenvalue weighted by Crippen LogP contribution is 2.29. The largest absolute Gasteiger partial charge is 0.354 e. The molecule has 0 radical (unpaired) electrons. The van der Waals surface area contributed by atoms with Gasteiger partial charge in [0.05, 0.1) is 4.47 Å². The number of aromatic nitrogens is 5. The molecule has 0 unspecified atom stereocenters. The Morgan fingerprint density at radius 2 is 2.35 bits per heavy atom. The highest BCUT2D eigenvalue weighted by molar-refractivity contribution is 9.10. The first kappa shape index (κ1) is 12.3. The highest BCUT2D eigenvalue weighted by Gasteiger charge is 2.08. The van der Waals surface area contributed by atoms with Crippen LogP contribution in [0.1, 0.15) is 13.3 Å². The molecule has 0 aromatic carbocycles. The summed E-state index contributed by atoms with van der Waals surface area (Å²) in [7, 11) is 0. The van der Waals surface area contributed by atoms with Crippen molar-refractivity contribution >= 4 is 33.6 Å². The van der Waals surface area contributed by atoms with E-state index in [4.69, 9.17) is 0 Å². The van der Waals surface area contributed by atoms with Gasteiger partial charge < -0.3 is 5.32 Å². The van der Waals surface area contributed by atoms with E-state index in [0.29, 0.717) is 11.1 Å². The normalized spacial score (nSPS) is 10.5. The Balaban J connectivity index is 2.14. The second-order valence-electron chi connectivity index (χ2n) is 3.17. The first-order chi connectivity index (χ1) is 8.29. The summed E-state index contributed by atoms with van der Waals surface area (Å²) in [5.74, 6) is 0.622. The third kappa shape index (κ3) is 3.40. The predicted molar refractivity (Wildman–Crippen MR) is 69.0 cm³/mol. The van der Waals surface area contributed by atoms with Gasteiger partial charge in [-0.15, -0.1) is 0 Å². The van der Waals surface area contributed by atoms with E-state index in [-0.39, 0.29) is 0 Å². The summed E-state index contributed by atoms with van der Waals surface area (Å²) in [6.45, 7) is 2.95. The van der Waals surface area contributed by atoms with Gasteiger partial charge in [0.15, 0.2) is 5.16 Å². The van der Waals surface area contributed by atoms with Crippen LogP contribution in [-0.4, -0.2) is 31.7 Å². The average molecular weight is 315 g/mol. The fourth-order valence-electron chi connectivity index (χ4n) is 1.08. The highest BCUT2D eigenvalue weighted by atomic mass is 79.9. The molecule has 2 rings (SSSR count). The van der Waals surface area contributed by atoms with E-state index in [0.717, 1.165) is 22.5 Å². The molecule has 0 aliphatic rings. The number of hydrogen-bond acceptors (Lipinski definition) is 6. The second-order valence-corrected chi connectivity index (χ2v) is 5.00. The van der Waals surface area contributed by atoms with Gasteiger partial charge in [0.25, 0.3) is 0 Å². The summed E-state index contributed by atoms with van der Waals surface area (Å²) in [6, 6.07) is 0. The summed E-state index contributed by atoms with van der Waals surface area (Å²) in [4.78, 5) is 12.6. The number of anilines is 1. The van der Waals surface area contributed by atoms with Crippen molar-refractivity contribution in [2.75, 3.05) is 11.9 Å². The SMILES string of the molecule is CCCNc1ncc(Br)c(Sc2ncn[nH]2)n1. The zero-order chi connectivity index (χ0) is 12.1. The lowest BCUT2D eigenvalue weighted by atomic mass is 10.5. The molecule has 6 nitrogen and oxygen atoms in total. The molecule has 0 fully saturated rings. The van der Waals surface area contributed by atoms with Gasteiger partial charge in [-0.05, 0) is 34.1 Å². The minimum absolute atomic E-state index is 0.622. The number of H-pyrrole nitrogens is 1. The predicted octanol–water partition coefficient (Wildman–Crippen LogP) is 2.33. The van der Waals surface area contributed by atoms with Gasteiger partial charge in [0.1, 0.15) is 11.4 Å².